The quantitative estimate of drug-likeness (QED) is 0.667. The number of carbonyl (C=O) groups excluding carboxylic acids is 1. The van der Waals surface area contributed by atoms with E-state index in [2.05, 4.69) is 17.1 Å². The molecule has 6 nitrogen and oxygen atoms in total. The van der Waals surface area contributed by atoms with Crippen LogP contribution in [0.3, 0.4) is 0 Å². The van der Waals surface area contributed by atoms with Gasteiger partial charge in [-0.2, -0.15) is 0 Å². The fraction of sp³-hybridized carbons (Fsp3) is 0.588. The molecule has 0 aromatic heterocycles. The Morgan fingerprint density at radius 3 is 2.87 bits per heavy atom. The van der Waals surface area contributed by atoms with Gasteiger partial charge >= 0.3 is 0 Å². The van der Waals surface area contributed by atoms with Gasteiger partial charge in [-0.25, -0.2) is 0 Å². The van der Waals surface area contributed by atoms with Gasteiger partial charge in [-0.05, 0) is 44.2 Å². The average molecular weight is 319 g/mol. The first-order valence-electron chi connectivity index (χ1n) is 8.26. The topological polar surface area (TPSA) is 75.5 Å². The summed E-state index contributed by atoms with van der Waals surface area (Å²) in [4.78, 5) is 25.3. The smallest absolute Gasteiger partial charge is 0.293 e. The molecule has 1 aromatic rings. The number of hydrogen-bond donors (Lipinski definition) is 1. The molecule has 1 aliphatic rings. The van der Waals surface area contributed by atoms with Crippen molar-refractivity contribution in [2.75, 3.05) is 18.0 Å². The van der Waals surface area contributed by atoms with Gasteiger partial charge in [0, 0.05) is 30.8 Å². The van der Waals surface area contributed by atoms with Crippen molar-refractivity contribution in [3.63, 3.8) is 0 Å². The minimum atomic E-state index is -0.394. The van der Waals surface area contributed by atoms with Gasteiger partial charge < -0.3 is 10.2 Å². The Balaban J connectivity index is 2.28. The van der Waals surface area contributed by atoms with Crippen molar-refractivity contribution in [1.29, 1.82) is 0 Å². The molecule has 1 N–H and O–H groups in total. The number of anilines is 1. The van der Waals surface area contributed by atoms with Crippen LogP contribution >= 0.6 is 0 Å². The molecule has 1 aliphatic heterocycles. The molecule has 0 spiro atoms. The molecule has 0 saturated carbocycles. The summed E-state index contributed by atoms with van der Waals surface area (Å²) < 4.78 is 0. The molecule has 1 amide bonds. The fourth-order valence-electron chi connectivity index (χ4n) is 2.90. The number of rotatable bonds is 5. The van der Waals surface area contributed by atoms with Gasteiger partial charge in [-0.3, -0.25) is 14.9 Å². The lowest BCUT2D eigenvalue weighted by molar-refractivity contribution is -0.384. The van der Waals surface area contributed by atoms with Crippen LogP contribution in [0, 0.1) is 16.0 Å². The van der Waals surface area contributed by atoms with E-state index in [1.54, 1.807) is 12.1 Å². The predicted molar refractivity (Wildman–Crippen MR) is 90.9 cm³/mol. The number of nitro groups is 1. The highest BCUT2D eigenvalue weighted by Gasteiger charge is 2.25. The van der Waals surface area contributed by atoms with Gasteiger partial charge in [0.05, 0.1) is 4.92 Å². The summed E-state index contributed by atoms with van der Waals surface area (Å²) in [5, 5.41) is 14.3. The Bertz CT molecular complexity index is 588. The second-order valence-electron chi connectivity index (χ2n) is 6.44. The Labute approximate surface area is 137 Å². The normalized spacial score (nSPS) is 19.3. The molecular formula is C17H25N3O3. The molecule has 1 aromatic carbocycles. The first-order chi connectivity index (χ1) is 10.9. The summed E-state index contributed by atoms with van der Waals surface area (Å²) in [5.41, 5.74) is 0.961. The summed E-state index contributed by atoms with van der Waals surface area (Å²) in [7, 11) is 0. The van der Waals surface area contributed by atoms with E-state index >= 15 is 0 Å². The van der Waals surface area contributed by atoms with E-state index < -0.39 is 4.92 Å². The third-order valence-corrected chi connectivity index (χ3v) is 4.42. The number of hydrogen-bond acceptors (Lipinski definition) is 4. The standard InChI is InChI=1S/C17H25N3O3/c1-4-13(3)18-17(21)14-7-8-15(16(10-14)20(22)23)19-9-5-6-12(2)11-19/h7-8,10,12-13H,4-6,9,11H2,1-3H3,(H,18,21)/t12-,13-/m0/s1. The summed E-state index contributed by atoms with van der Waals surface area (Å²) >= 11 is 0. The summed E-state index contributed by atoms with van der Waals surface area (Å²) in [6.07, 6.45) is 3.01. The van der Waals surface area contributed by atoms with E-state index in [4.69, 9.17) is 0 Å². The zero-order valence-corrected chi connectivity index (χ0v) is 14.0. The molecule has 2 atom stereocenters. The van der Waals surface area contributed by atoms with Crippen molar-refractivity contribution in [3.05, 3.63) is 33.9 Å². The Morgan fingerprint density at radius 2 is 2.26 bits per heavy atom. The van der Waals surface area contributed by atoms with Crippen molar-refractivity contribution >= 4 is 17.3 Å². The van der Waals surface area contributed by atoms with Crippen molar-refractivity contribution in [2.45, 2.75) is 46.1 Å². The van der Waals surface area contributed by atoms with E-state index in [0.29, 0.717) is 17.2 Å². The molecule has 0 radical (unpaired) electrons. The number of piperidine rings is 1. The van der Waals surface area contributed by atoms with Gasteiger partial charge in [0.1, 0.15) is 5.69 Å². The lowest BCUT2D eigenvalue weighted by Crippen LogP contribution is -2.35. The molecule has 2 rings (SSSR count). The number of amides is 1. The zero-order valence-electron chi connectivity index (χ0n) is 14.0. The number of nitrogens with zero attached hydrogens (tertiary/aromatic N) is 2. The minimum Gasteiger partial charge on any atom is -0.366 e. The predicted octanol–water partition coefficient (Wildman–Crippen LogP) is 3.36. The largest absolute Gasteiger partial charge is 0.366 e. The van der Waals surface area contributed by atoms with Crippen molar-refractivity contribution in [2.24, 2.45) is 5.92 Å². The number of benzene rings is 1. The molecule has 126 valence electrons. The summed E-state index contributed by atoms with van der Waals surface area (Å²) in [5.74, 6) is 0.262. The van der Waals surface area contributed by atoms with Crippen LogP contribution in [0.1, 0.15) is 50.4 Å². The maximum Gasteiger partial charge on any atom is 0.293 e. The highest BCUT2D eigenvalue weighted by Crippen LogP contribution is 2.32. The molecule has 6 heteroatoms. The van der Waals surface area contributed by atoms with E-state index in [1.807, 2.05) is 13.8 Å². The second kappa shape index (κ2) is 7.44. The lowest BCUT2D eigenvalue weighted by atomic mass is 9.99. The summed E-state index contributed by atoms with van der Waals surface area (Å²) in [6, 6.07) is 4.83. The second-order valence-corrected chi connectivity index (χ2v) is 6.44. The van der Waals surface area contributed by atoms with E-state index in [1.165, 1.54) is 6.07 Å². The average Bonchev–Trinajstić information content (AvgIpc) is 2.54. The molecule has 0 aliphatic carbocycles. The first-order valence-corrected chi connectivity index (χ1v) is 8.26. The molecule has 1 heterocycles. The molecule has 1 saturated heterocycles. The maximum atomic E-state index is 12.2. The fourth-order valence-corrected chi connectivity index (χ4v) is 2.90. The van der Waals surface area contributed by atoms with Crippen LogP contribution in [0.2, 0.25) is 0 Å². The third-order valence-electron chi connectivity index (χ3n) is 4.42. The zero-order chi connectivity index (χ0) is 17.0. The van der Waals surface area contributed by atoms with E-state index in [0.717, 1.165) is 32.4 Å². The van der Waals surface area contributed by atoms with Crippen molar-refractivity contribution in [1.82, 2.24) is 5.32 Å². The SMILES string of the molecule is CC[C@H](C)NC(=O)c1ccc(N2CCC[C@H](C)C2)c([N+](=O)[O-])c1. The number of carbonyl (C=O) groups is 1. The van der Waals surface area contributed by atoms with Gasteiger partial charge in [0.25, 0.3) is 11.6 Å². The summed E-state index contributed by atoms with van der Waals surface area (Å²) in [6.45, 7) is 7.69. The highest BCUT2D eigenvalue weighted by atomic mass is 16.6. The minimum absolute atomic E-state index is 0.0101. The molecule has 1 fully saturated rings. The lowest BCUT2D eigenvalue weighted by Gasteiger charge is -2.32. The molecule has 23 heavy (non-hydrogen) atoms. The van der Waals surface area contributed by atoms with E-state index in [-0.39, 0.29) is 17.6 Å². The van der Waals surface area contributed by atoms with Crippen molar-refractivity contribution < 1.29 is 9.72 Å². The van der Waals surface area contributed by atoms with Crippen LogP contribution in [0.25, 0.3) is 0 Å². The highest BCUT2D eigenvalue weighted by molar-refractivity contribution is 5.96. The Kier molecular flexibility index (Phi) is 5.58. The maximum absolute atomic E-state index is 12.2. The van der Waals surface area contributed by atoms with Gasteiger partial charge in [-0.15, -0.1) is 0 Å². The van der Waals surface area contributed by atoms with Crippen LogP contribution in [0.4, 0.5) is 11.4 Å². The third kappa shape index (κ3) is 4.21. The molecule has 0 bridgehead atoms. The first kappa shape index (κ1) is 17.2. The van der Waals surface area contributed by atoms with Crippen molar-refractivity contribution in [3.8, 4) is 0 Å². The van der Waals surface area contributed by atoms with Gasteiger partial charge in [0.2, 0.25) is 0 Å². The molecular weight excluding hydrogens is 294 g/mol. The van der Waals surface area contributed by atoms with Crippen LogP contribution in [0.5, 0.6) is 0 Å². The van der Waals surface area contributed by atoms with Crippen LogP contribution in [-0.4, -0.2) is 30.0 Å². The monoisotopic (exact) mass is 319 g/mol. The van der Waals surface area contributed by atoms with Crippen LogP contribution in [0.15, 0.2) is 18.2 Å². The number of nitro benzene ring substituents is 1. The molecule has 0 unspecified atom stereocenters. The van der Waals surface area contributed by atoms with Gasteiger partial charge in [0.15, 0.2) is 0 Å². The van der Waals surface area contributed by atoms with Gasteiger partial charge in [-0.1, -0.05) is 13.8 Å². The number of nitrogens with one attached hydrogen (secondary N) is 1. The van der Waals surface area contributed by atoms with Crippen LogP contribution in [-0.2, 0) is 0 Å². The van der Waals surface area contributed by atoms with Crippen LogP contribution < -0.4 is 10.2 Å². The van der Waals surface area contributed by atoms with E-state index in [9.17, 15) is 14.9 Å². The Hall–Kier alpha value is -2.11. The Morgan fingerprint density at radius 1 is 1.52 bits per heavy atom.